The van der Waals surface area contributed by atoms with Crippen LogP contribution in [0.15, 0.2) is 29.5 Å². The van der Waals surface area contributed by atoms with E-state index in [1.807, 2.05) is 6.92 Å². The van der Waals surface area contributed by atoms with Gasteiger partial charge in [0, 0.05) is 37.4 Å². The Hall–Kier alpha value is -1.75. The summed E-state index contributed by atoms with van der Waals surface area (Å²) in [5, 5.41) is 10.2. The average molecular weight is 474 g/mol. The van der Waals surface area contributed by atoms with Crippen LogP contribution in [0.25, 0.3) is 0 Å². The van der Waals surface area contributed by atoms with Crippen LogP contribution >= 0.6 is 35.3 Å². The molecule has 136 valence electrons. The molecule has 0 unspecified atom stereocenters. The molecule has 0 saturated heterocycles. The van der Waals surface area contributed by atoms with Gasteiger partial charge in [-0.15, -0.1) is 35.3 Å². The van der Waals surface area contributed by atoms with E-state index in [2.05, 4.69) is 37.8 Å². The molecule has 0 spiro atoms. The molecule has 0 aliphatic carbocycles. The highest BCUT2D eigenvalue weighted by Crippen LogP contribution is 2.15. The zero-order valence-corrected chi connectivity index (χ0v) is 17.6. The van der Waals surface area contributed by atoms with Gasteiger partial charge < -0.3 is 16.0 Å². The number of amides is 1. The van der Waals surface area contributed by atoms with Gasteiger partial charge in [-0.05, 0) is 26.0 Å². The van der Waals surface area contributed by atoms with Crippen molar-refractivity contribution in [2.75, 3.05) is 20.1 Å². The fourth-order valence-electron chi connectivity index (χ4n) is 1.95. The fourth-order valence-corrected chi connectivity index (χ4v) is 2.82. The molecule has 7 nitrogen and oxygen atoms in total. The molecule has 0 saturated carbocycles. The summed E-state index contributed by atoms with van der Waals surface area (Å²) in [5.41, 5.74) is 1.62. The molecule has 3 N–H and O–H groups in total. The monoisotopic (exact) mass is 474 g/mol. The molecule has 0 bridgehead atoms. The standard InChI is InChI=1S/C16H22N6OS.HI/c1-11-12(2)24-14(22-11)10-21-16(17-3)20-8-7-19-15(23)13-5-4-6-18-9-13;/h4-6,9H,7-8,10H2,1-3H3,(H,19,23)(H2,17,20,21);1H. The van der Waals surface area contributed by atoms with Crippen LogP contribution in [-0.2, 0) is 6.54 Å². The van der Waals surface area contributed by atoms with Gasteiger partial charge in [0.15, 0.2) is 5.96 Å². The van der Waals surface area contributed by atoms with E-state index in [4.69, 9.17) is 0 Å². The number of aromatic nitrogens is 2. The Kier molecular flexibility index (Phi) is 9.35. The van der Waals surface area contributed by atoms with Crippen LogP contribution in [0.1, 0.15) is 25.9 Å². The number of carbonyl (C=O) groups is 1. The van der Waals surface area contributed by atoms with Gasteiger partial charge in [-0.2, -0.15) is 0 Å². The minimum absolute atomic E-state index is 0. The van der Waals surface area contributed by atoms with E-state index in [0.717, 1.165) is 10.7 Å². The first-order valence-electron chi connectivity index (χ1n) is 7.66. The first-order chi connectivity index (χ1) is 11.6. The molecule has 9 heteroatoms. The summed E-state index contributed by atoms with van der Waals surface area (Å²) in [5.74, 6) is 0.540. The average Bonchev–Trinajstić information content (AvgIpc) is 2.93. The van der Waals surface area contributed by atoms with E-state index < -0.39 is 0 Å². The molecule has 0 aliphatic rings. The van der Waals surface area contributed by atoms with Crippen molar-refractivity contribution in [3.63, 3.8) is 0 Å². The number of hydrogen-bond donors (Lipinski definition) is 3. The number of halogens is 1. The number of nitrogens with one attached hydrogen (secondary N) is 3. The first-order valence-corrected chi connectivity index (χ1v) is 8.47. The van der Waals surface area contributed by atoms with E-state index in [1.54, 1.807) is 42.9 Å². The van der Waals surface area contributed by atoms with Crippen LogP contribution in [-0.4, -0.2) is 42.0 Å². The molecule has 2 rings (SSSR count). The molecule has 0 aromatic carbocycles. The summed E-state index contributed by atoms with van der Waals surface area (Å²) in [6.45, 7) is 5.76. The van der Waals surface area contributed by atoms with Crippen molar-refractivity contribution in [2.45, 2.75) is 20.4 Å². The van der Waals surface area contributed by atoms with Gasteiger partial charge in [-0.3, -0.25) is 14.8 Å². The van der Waals surface area contributed by atoms with Gasteiger partial charge in [0.05, 0.1) is 17.8 Å². The number of aliphatic imine (C=N–C) groups is 1. The Morgan fingerprint density at radius 1 is 1.24 bits per heavy atom. The van der Waals surface area contributed by atoms with Crippen LogP contribution in [0.2, 0.25) is 0 Å². The van der Waals surface area contributed by atoms with Crippen molar-refractivity contribution in [3.05, 3.63) is 45.7 Å². The first kappa shape index (κ1) is 21.3. The lowest BCUT2D eigenvalue weighted by Gasteiger charge is -2.11. The lowest BCUT2D eigenvalue weighted by atomic mass is 10.3. The zero-order valence-electron chi connectivity index (χ0n) is 14.5. The van der Waals surface area contributed by atoms with E-state index >= 15 is 0 Å². The van der Waals surface area contributed by atoms with Crippen LogP contribution in [0.4, 0.5) is 0 Å². The maximum atomic E-state index is 11.9. The Labute approximate surface area is 168 Å². The second-order valence-electron chi connectivity index (χ2n) is 5.10. The predicted molar refractivity (Wildman–Crippen MR) is 112 cm³/mol. The number of nitrogens with zero attached hydrogens (tertiary/aromatic N) is 3. The second-order valence-corrected chi connectivity index (χ2v) is 6.39. The summed E-state index contributed by atoms with van der Waals surface area (Å²) in [6, 6.07) is 3.47. The summed E-state index contributed by atoms with van der Waals surface area (Å²) in [6.07, 6.45) is 3.18. The Morgan fingerprint density at radius 3 is 2.60 bits per heavy atom. The third-order valence-electron chi connectivity index (χ3n) is 3.33. The third-order valence-corrected chi connectivity index (χ3v) is 4.40. The Bertz CT molecular complexity index is 684. The van der Waals surface area contributed by atoms with Crippen molar-refractivity contribution in [1.29, 1.82) is 0 Å². The summed E-state index contributed by atoms with van der Waals surface area (Å²) in [4.78, 5) is 25.7. The summed E-state index contributed by atoms with van der Waals surface area (Å²) < 4.78 is 0. The zero-order chi connectivity index (χ0) is 17.4. The quantitative estimate of drug-likeness (QED) is 0.258. The second kappa shape index (κ2) is 11.0. The van der Waals surface area contributed by atoms with Gasteiger partial charge in [0.1, 0.15) is 5.01 Å². The molecule has 2 aromatic heterocycles. The number of rotatable bonds is 6. The van der Waals surface area contributed by atoms with Gasteiger partial charge in [-0.1, -0.05) is 0 Å². The van der Waals surface area contributed by atoms with Crippen molar-refractivity contribution >= 4 is 47.2 Å². The fraction of sp³-hybridized carbons (Fsp3) is 0.375. The molecule has 0 fully saturated rings. The summed E-state index contributed by atoms with van der Waals surface area (Å²) in [7, 11) is 1.71. The highest BCUT2D eigenvalue weighted by Gasteiger charge is 2.06. The van der Waals surface area contributed by atoms with E-state index in [0.29, 0.717) is 31.2 Å². The molecule has 0 atom stereocenters. The maximum absolute atomic E-state index is 11.9. The number of thiazole rings is 1. The lowest BCUT2D eigenvalue weighted by molar-refractivity contribution is 0.0954. The highest BCUT2D eigenvalue weighted by atomic mass is 127. The maximum Gasteiger partial charge on any atom is 0.252 e. The van der Waals surface area contributed by atoms with Crippen molar-refractivity contribution in [3.8, 4) is 0 Å². The molecule has 1 amide bonds. The number of pyridine rings is 1. The van der Waals surface area contributed by atoms with Gasteiger partial charge >= 0.3 is 0 Å². The molecule has 2 heterocycles. The molecular weight excluding hydrogens is 451 g/mol. The number of guanidine groups is 1. The van der Waals surface area contributed by atoms with Crippen molar-refractivity contribution < 1.29 is 4.79 Å². The molecule has 2 aromatic rings. The number of hydrogen-bond acceptors (Lipinski definition) is 5. The third kappa shape index (κ3) is 6.94. The van der Waals surface area contributed by atoms with Crippen molar-refractivity contribution in [1.82, 2.24) is 25.9 Å². The van der Waals surface area contributed by atoms with Gasteiger partial charge in [-0.25, -0.2) is 4.98 Å². The molecular formula is C16H23IN6OS. The van der Waals surface area contributed by atoms with Crippen LogP contribution in [0.3, 0.4) is 0 Å². The van der Waals surface area contributed by atoms with E-state index in [1.165, 1.54) is 4.88 Å². The van der Waals surface area contributed by atoms with Crippen LogP contribution < -0.4 is 16.0 Å². The number of aryl methyl sites for hydroxylation is 2. The van der Waals surface area contributed by atoms with Gasteiger partial charge in [0.25, 0.3) is 5.91 Å². The van der Waals surface area contributed by atoms with E-state index in [-0.39, 0.29) is 29.9 Å². The summed E-state index contributed by atoms with van der Waals surface area (Å²) >= 11 is 1.68. The normalized spacial score (nSPS) is 10.8. The Morgan fingerprint density at radius 2 is 2.00 bits per heavy atom. The molecule has 0 aliphatic heterocycles. The minimum Gasteiger partial charge on any atom is -0.355 e. The van der Waals surface area contributed by atoms with E-state index in [9.17, 15) is 4.79 Å². The topological polar surface area (TPSA) is 91.3 Å². The predicted octanol–water partition coefficient (Wildman–Crippen LogP) is 1.87. The number of carbonyl (C=O) groups excluding carboxylic acids is 1. The SMILES string of the molecule is CN=C(NCCNC(=O)c1cccnc1)NCc1nc(C)c(C)s1.I. The largest absolute Gasteiger partial charge is 0.355 e. The molecule has 0 radical (unpaired) electrons. The smallest absolute Gasteiger partial charge is 0.252 e. The molecule has 25 heavy (non-hydrogen) atoms. The highest BCUT2D eigenvalue weighted by molar-refractivity contribution is 14.0. The van der Waals surface area contributed by atoms with Gasteiger partial charge in [0.2, 0.25) is 0 Å². The van der Waals surface area contributed by atoms with Crippen molar-refractivity contribution in [2.24, 2.45) is 4.99 Å². The minimum atomic E-state index is -0.137. The van der Waals surface area contributed by atoms with Crippen LogP contribution in [0.5, 0.6) is 0 Å². The van der Waals surface area contributed by atoms with Crippen LogP contribution in [0, 0.1) is 13.8 Å². The lowest BCUT2D eigenvalue weighted by Crippen LogP contribution is -2.41. The Balaban J connectivity index is 0.00000312.